The minimum Gasteiger partial charge on any atom is -0.469 e. The van der Waals surface area contributed by atoms with Gasteiger partial charge in [-0.15, -0.1) is 0 Å². The number of anilines is 1. The fourth-order valence-corrected chi connectivity index (χ4v) is 3.45. The van der Waals surface area contributed by atoms with Crippen LogP contribution in [0.4, 0.5) is 10.5 Å². The molecule has 6 nitrogen and oxygen atoms in total. The van der Waals surface area contributed by atoms with E-state index >= 15 is 0 Å². The molecule has 3 unspecified atom stereocenters. The summed E-state index contributed by atoms with van der Waals surface area (Å²) < 4.78 is 11.3. The Morgan fingerprint density at radius 1 is 1.16 bits per heavy atom. The van der Waals surface area contributed by atoms with Gasteiger partial charge in [0.05, 0.1) is 12.6 Å². The largest absolute Gasteiger partial charge is 0.469 e. The van der Waals surface area contributed by atoms with Crippen LogP contribution in [-0.4, -0.2) is 24.8 Å². The lowest BCUT2D eigenvalue weighted by Crippen LogP contribution is -2.64. The number of benzene rings is 2. The van der Waals surface area contributed by atoms with E-state index in [9.17, 15) is 9.59 Å². The molecule has 2 aliphatic heterocycles. The van der Waals surface area contributed by atoms with Gasteiger partial charge in [0.15, 0.2) is 6.23 Å². The Morgan fingerprint density at radius 2 is 1.88 bits per heavy atom. The fourth-order valence-electron chi connectivity index (χ4n) is 3.45. The van der Waals surface area contributed by atoms with E-state index in [4.69, 9.17) is 9.47 Å². The lowest BCUT2D eigenvalue weighted by molar-refractivity contribution is -0.154. The zero-order chi connectivity index (χ0) is 17.4. The molecule has 25 heavy (non-hydrogen) atoms. The van der Waals surface area contributed by atoms with Crippen LogP contribution in [0.1, 0.15) is 18.5 Å². The number of esters is 1. The van der Waals surface area contributed by atoms with E-state index in [1.165, 1.54) is 4.90 Å². The van der Waals surface area contributed by atoms with Crippen molar-refractivity contribution in [1.82, 2.24) is 5.32 Å². The number of carbonyl (C=O) groups is 2. The summed E-state index contributed by atoms with van der Waals surface area (Å²) in [5, 5.41) is 2.95. The second-order valence-corrected chi connectivity index (χ2v) is 5.96. The molecule has 6 heteroatoms. The van der Waals surface area contributed by atoms with Gasteiger partial charge < -0.3 is 14.8 Å². The lowest BCUT2D eigenvalue weighted by atomic mass is 9.86. The maximum atomic E-state index is 12.7. The highest BCUT2D eigenvalue weighted by Crippen LogP contribution is 2.43. The Balaban J connectivity index is 1.81. The van der Waals surface area contributed by atoms with E-state index in [-0.39, 0.29) is 18.6 Å². The molecule has 128 valence electrons. The number of carbonyl (C=O) groups excluding carboxylic acids is 2. The summed E-state index contributed by atoms with van der Waals surface area (Å²) >= 11 is 0. The Hall–Kier alpha value is -3.02. The number of fused-ring (bicyclic) bond motifs is 4. The van der Waals surface area contributed by atoms with Gasteiger partial charge in [-0.1, -0.05) is 36.4 Å². The van der Waals surface area contributed by atoms with Crippen molar-refractivity contribution in [2.75, 3.05) is 11.5 Å². The maximum absolute atomic E-state index is 12.7. The number of para-hydroxylation sites is 2. The van der Waals surface area contributed by atoms with E-state index in [0.29, 0.717) is 11.4 Å². The molecule has 0 aliphatic carbocycles. The normalized spacial score (nSPS) is 24.0. The van der Waals surface area contributed by atoms with Crippen molar-refractivity contribution < 1.29 is 19.1 Å². The molecule has 1 saturated heterocycles. The van der Waals surface area contributed by atoms with E-state index in [1.54, 1.807) is 6.92 Å². The summed E-state index contributed by atoms with van der Waals surface area (Å²) in [6.07, 6.45) is -0.755. The molecular formula is C19H18N2O4. The number of urea groups is 1. The standard InChI is InChI=1S/C19H18N2O4/c1-2-24-18(22)15-16-13-10-6-7-11-14(13)25-17(15)21(19(23)20-16)12-8-4-3-5-9-12/h3-11,15-17H,2H2,1H3,(H,20,23). The highest BCUT2D eigenvalue weighted by atomic mass is 16.5. The van der Waals surface area contributed by atoms with Gasteiger partial charge >= 0.3 is 12.0 Å². The van der Waals surface area contributed by atoms with Crippen LogP contribution in [0.15, 0.2) is 54.6 Å². The van der Waals surface area contributed by atoms with Gasteiger partial charge in [0, 0.05) is 11.3 Å². The first kappa shape index (κ1) is 15.5. The third-order valence-corrected chi connectivity index (χ3v) is 4.51. The van der Waals surface area contributed by atoms with E-state index in [1.807, 2.05) is 54.6 Å². The first-order valence-corrected chi connectivity index (χ1v) is 8.27. The number of hydrogen-bond acceptors (Lipinski definition) is 4. The van der Waals surface area contributed by atoms with Crippen molar-refractivity contribution in [3.63, 3.8) is 0 Å². The first-order chi connectivity index (χ1) is 12.2. The van der Waals surface area contributed by atoms with Crippen molar-refractivity contribution in [3.8, 4) is 5.75 Å². The quantitative estimate of drug-likeness (QED) is 0.874. The van der Waals surface area contributed by atoms with Crippen LogP contribution in [0.2, 0.25) is 0 Å². The SMILES string of the molecule is CCOC(=O)C1C2NC(=O)N(c3ccccc3)C1Oc1ccccc12. The number of nitrogens with one attached hydrogen (secondary N) is 1. The number of hydrogen-bond donors (Lipinski definition) is 1. The Bertz CT molecular complexity index is 808. The van der Waals surface area contributed by atoms with Crippen LogP contribution in [0.5, 0.6) is 5.75 Å². The smallest absolute Gasteiger partial charge is 0.325 e. The van der Waals surface area contributed by atoms with Crippen molar-refractivity contribution in [1.29, 1.82) is 0 Å². The van der Waals surface area contributed by atoms with Crippen LogP contribution in [0.3, 0.4) is 0 Å². The Labute approximate surface area is 145 Å². The predicted molar refractivity (Wildman–Crippen MR) is 91.2 cm³/mol. The minimum absolute atomic E-state index is 0.274. The highest BCUT2D eigenvalue weighted by molar-refractivity contribution is 5.96. The van der Waals surface area contributed by atoms with E-state index in [2.05, 4.69) is 5.32 Å². The summed E-state index contributed by atoms with van der Waals surface area (Å²) in [6, 6.07) is 15.8. The third-order valence-electron chi connectivity index (χ3n) is 4.51. The summed E-state index contributed by atoms with van der Waals surface area (Å²) in [5.74, 6) is -0.361. The maximum Gasteiger partial charge on any atom is 0.325 e. The zero-order valence-corrected chi connectivity index (χ0v) is 13.7. The van der Waals surface area contributed by atoms with Crippen molar-refractivity contribution in [2.24, 2.45) is 5.92 Å². The molecule has 0 saturated carbocycles. The topological polar surface area (TPSA) is 67.9 Å². The summed E-state index contributed by atoms with van der Waals surface area (Å²) in [6.45, 7) is 2.04. The molecule has 2 heterocycles. The first-order valence-electron chi connectivity index (χ1n) is 8.27. The van der Waals surface area contributed by atoms with Gasteiger partial charge in [-0.05, 0) is 25.1 Å². The van der Waals surface area contributed by atoms with Gasteiger partial charge in [0.2, 0.25) is 0 Å². The number of ether oxygens (including phenoxy) is 2. The molecule has 2 aromatic carbocycles. The highest BCUT2D eigenvalue weighted by Gasteiger charge is 2.52. The molecule has 1 fully saturated rings. The lowest BCUT2D eigenvalue weighted by Gasteiger charge is -2.47. The summed E-state index contributed by atoms with van der Waals surface area (Å²) in [5.41, 5.74) is 1.45. The summed E-state index contributed by atoms with van der Waals surface area (Å²) in [7, 11) is 0. The van der Waals surface area contributed by atoms with Gasteiger partial charge in [-0.3, -0.25) is 9.69 Å². The predicted octanol–water partition coefficient (Wildman–Crippen LogP) is 2.86. The zero-order valence-electron chi connectivity index (χ0n) is 13.7. The van der Waals surface area contributed by atoms with Gasteiger partial charge in [-0.25, -0.2) is 4.79 Å². The number of rotatable bonds is 3. The monoisotopic (exact) mass is 338 g/mol. The average molecular weight is 338 g/mol. The van der Waals surface area contributed by atoms with E-state index in [0.717, 1.165) is 5.56 Å². The van der Waals surface area contributed by atoms with E-state index < -0.39 is 18.2 Å². The van der Waals surface area contributed by atoms with Gasteiger partial charge in [0.25, 0.3) is 0 Å². The molecule has 0 aromatic heterocycles. The Kier molecular flexibility index (Phi) is 3.80. The molecule has 4 rings (SSSR count). The molecule has 2 aliphatic rings. The van der Waals surface area contributed by atoms with Crippen LogP contribution >= 0.6 is 0 Å². The molecule has 2 amide bonds. The van der Waals surface area contributed by atoms with Crippen molar-refractivity contribution in [3.05, 3.63) is 60.2 Å². The van der Waals surface area contributed by atoms with Crippen LogP contribution in [0.25, 0.3) is 0 Å². The van der Waals surface area contributed by atoms with Crippen LogP contribution in [0, 0.1) is 5.92 Å². The fraction of sp³-hybridized carbons (Fsp3) is 0.263. The molecular weight excluding hydrogens is 320 g/mol. The summed E-state index contributed by atoms with van der Waals surface area (Å²) in [4.78, 5) is 26.8. The number of amides is 2. The van der Waals surface area contributed by atoms with Gasteiger partial charge in [0.1, 0.15) is 11.7 Å². The Morgan fingerprint density at radius 3 is 2.64 bits per heavy atom. The van der Waals surface area contributed by atoms with Crippen molar-refractivity contribution in [2.45, 2.75) is 19.2 Å². The third kappa shape index (κ3) is 2.50. The van der Waals surface area contributed by atoms with Crippen LogP contribution < -0.4 is 15.0 Å². The van der Waals surface area contributed by atoms with Crippen molar-refractivity contribution >= 4 is 17.7 Å². The minimum atomic E-state index is -0.755. The molecule has 2 bridgehead atoms. The molecule has 1 N–H and O–H groups in total. The van der Waals surface area contributed by atoms with Crippen LogP contribution in [-0.2, 0) is 9.53 Å². The van der Waals surface area contributed by atoms with Gasteiger partial charge in [-0.2, -0.15) is 0 Å². The average Bonchev–Trinajstić information content (AvgIpc) is 2.62. The number of nitrogens with zero attached hydrogens (tertiary/aromatic N) is 1. The molecule has 0 radical (unpaired) electrons. The molecule has 0 spiro atoms. The second-order valence-electron chi connectivity index (χ2n) is 5.96. The molecule has 2 aromatic rings. The molecule has 3 atom stereocenters. The second kappa shape index (κ2) is 6.12.